The fourth-order valence-electron chi connectivity index (χ4n) is 2.20. The van der Waals surface area contributed by atoms with Crippen molar-refractivity contribution in [3.63, 3.8) is 0 Å². The summed E-state index contributed by atoms with van der Waals surface area (Å²) < 4.78 is 0. The van der Waals surface area contributed by atoms with Crippen LogP contribution >= 0.6 is 0 Å². The summed E-state index contributed by atoms with van der Waals surface area (Å²) in [5.41, 5.74) is 0.684. The molecular formula is C12H24. The Hall–Kier alpha value is 0. The maximum absolute atomic E-state index is 2.47. The highest BCUT2D eigenvalue weighted by molar-refractivity contribution is 4.90. The largest absolute Gasteiger partial charge is 0.0625 e. The lowest BCUT2D eigenvalue weighted by Crippen LogP contribution is -2.37. The Morgan fingerprint density at radius 1 is 1.33 bits per heavy atom. The molecule has 1 aliphatic carbocycles. The fourth-order valence-corrected chi connectivity index (χ4v) is 2.20. The van der Waals surface area contributed by atoms with Crippen molar-refractivity contribution in [3.05, 3.63) is 0 Å². The van der Waals surface area contributed by atoms with Gasteiger partial charge in [0.05, 0.1) is 0 Å². The van der Waals surface area contributed by atoms with Gasteiger partial charge in [0.1, 0.15) is 0 Å². The van der Waals surface area contributed by atoms with Gasteiger partial charge in [-0.05, 0) is 42.4 Å². The molecule has 12 heavy (non-hydrogen) atoms. The van der Waals surface area contributed by atoms with Gasteiger partial charge in [0, 0.05) is 0 Å². The molecule has 0 aliphatic heterocycles. The van der Waals surface area contributed by atoms with Gasteiger partial charge in [-0.1, -0.05) is 34.6 Å². The molecule has 3 unspecified atom stereocenters. The van der Waals surface area contributed by atoms with E-state index in [4.69, 9.17) is 0 Å². The molecule has 0 saturated heterocycles. The zero-order valence-corrected chi connectivity index (χ0v) is 9.35. The van der Waals surface area contributed by atoms with Gasteiger partial charge >= 0.3 is 0 Å². The van der Waals surface area contributed by atoms with Crippen molar-refractivity contribution in [3.8, 4) is 0 Å². The van der Waals surface area contributed by atoms with Crippen LogP contribution in [0.1, 0.15) is 53.9 Å². The van der Waals surface area contributed by atoms with E-state index < -0.39 is 0 Å². The Bertz CT molecular complexity index is 148. The molecular weight excluding hydrogens is 144 g/mol. The maximum Gasteiger partial charge on any atom is -0.0297 e. The predicted molar refractivity (Wildman–Crippen MR) is 55.1 cm³/mol. The molecule has 0 bridgehead atoms. The molecule has 0 N–H and O–H groups in total. The Morgan fingerprint density at radius 2 is 1.92 bits per heavy atom. The normalized spacial score (nSPS) is 38.0. The summed E-state index contributed by atoms with van der Waals surface area (Å²) in [7, 11) is 0. The van der Waals surface area contributed by atoms with Crippen LogP contribution in [0.2, 0.25) is 0 Å². The summed E-state index contributed by atoms with van der Waals surface area (Å²) in [6.07, 6.45) is 4.36. The second-order valence-corrected chi connectivity index (χ2v) is 5.52. The van der Waals surface area contributed by atoms with Crippen LogP contribution in [0, 0.1) is 23.2 Å². The molecule has 0 spiro atoms. The van der Waals surface area contributed by atoms with Crippen molar-refractivity contribution < 1.29 is 0 Å². The van der Waals surface area contributed by atoms with Crippen molar-refractivity contribution in [1.82, 2.24) is 0 Å². The van der Waals surface area contributed by atoms with E-state index in [2.05, 4.69) is 34.6 Å². The third kappa shape index (κ3) is 1.84. The highest BCUT2D eigenvalue weighted by atomic mass is 14.5. The van der Waals surface area contributed by atoms with Gasteiger partial charge in [-0.3, -0.25) is 0 Å². The maximum atomic E-state index is 2.47. The van der Waals surface area contributed by atoms with E-state index in [0.717, 1.165) is 17.8 Å². The van der Waals surface area contributed by atoms with E-state index in [1.54, 1.807) is 0 Å². The lowest BCUT2D eigenvalue weighted by Gasteiger charge is -2.47. The van der Waals surface area contributed by atoms with Crippen molar-refractivity contribution >= 4 is 0 Å². The molecule has 1 rings (SSSR count). The molecule has 1 aliphatic rings. The van der Waals surface area contributed by atoms with Gasteiger partial charge in [-0.25, -0.2) is 0 Å². The van der Waals surface area contributed by atoms with E-state index in [-0.39, 0.29) is 0 Å². The molecule has 1 saturated carbocycles. The van der Waals surface area contributed by atoms with Crippen molar-refractivity contribution in [2.24, 2.45) is 23.2 Å². The third-order valence-electron chi connectivity index (χ3n) is 4.26. The van der Waals surface area contributed by atoms with Gasteiger partial charge in [0.25, 0.3) is 0 Å². The minimum atomic E-state index is 0.684. The van der Waals surface area contributed by atoms with Crippen molar-refractivity contribution in [2.45, 2.75) is 53.9 Å². The first-order valence-corrected chi connectivity index (χ1v) is 5.46. The number of hydrogen-bond donors (Lipinski definition) is 0. The van der Waals surface area contributed by atoms with Gasteiger partial charge in [0.2, 0.25) is 0 Å². The average molecular weight is 168 g/mol. The molecule has 72 valence electrons. The standard InChI is InChI=1S/C12H24/c1-9(2)10(3)8-12(5)7-6-11(12)4/h9-11H,6-8H2,1-5H3. The minimum absolute atomic E-state index is 0.684. The van der Waals surface area contributed by atoms with Gasteiger partial charge in [0.15, 0.2) is 0 Å². The van der Waals surface area contributed by atoms with Crippen LogP contribution in [0.3, 0.4) is 0 Å². The van der Waals surface area contributed by atoms with Crippen LogP contribution in [0.4, 0.5) is 0 Å². The zero-order valence-electron chi connectivity index (χ0n) is 9.35. The van der Waals surface area contributed by atoms with Gasteiger partial charge in [-0.15, -0.1) is 0 Å². The smallest absolute Gasteiger partial charge is 0.0297 e. The summed E-state index contributed by atoms with van der Waals surface area (Å²) in [4.78, 5) is 0. The van der Waals surface area contributed by atoms with E-state index in [0.29, 0.717) is 5.41 Å². The summed E-state index contributed by atoms with van der Waals surface area (Å²) in [6.45, 7) is 12.0. The van der Waals surface area contributed by atoms with Crippen LogP contribution in [-0.2, 0) is 0 Å². The molecule has 3 atom stereocenters. The lowest BCUT2D eigenvalue weighted by atomic mass is 9.58. The van der Waals surface area contributed by atoms with E-state index in [9.17, 15) is 0 Å². The first-order chi connectivity index (χ1) is 5.46. The molecule has 0 amide bonds. The quantitative estimate of drug-likeness (QED) is 0.595. The molecule has 0 nitrogen and oxygen atoms in total. The minimum Gasteiger partial charge on any atom is -0.0625 e. The van der Waals surface area contributed by atoms with Crippen molar-refractivity contribution in [1.29, 1.82) is 0 Å². The molecule has 0 heterocycles. The average Bonchev–Trinajstić information content (AvgIpc) is 2.01. The second-order valence-electron chi connectivity index (χ2n) is 5.52. The fraction of sp³-hybridized carbons (Fsp3) is 1.00. The monoisotopic (exact) mass is 168 g/mol. The van der Waals surface area contributed by atoms with E-state index >= 15 is 0 Å². The summed E-state index contributed by atoms with van der Waals surface area (Å²) in [6, 6.07) is 0. The predicted octanol–water partition coefficient (Wildman–Crippen LogP) is 4.10. The topological polar surface area (TPSA) is 0 Å². The van der Waals surface area contributed by atoms with E-state index in [1.165, 1.54) is 19.3 Å². The molecule has 1 fully saturated rings. The van der Waals surface area contributed by atoms with Crippen LogP contribution < -0.4 is 0 Å². The Morgan fingerprint density at radius 3 is 2.17 bits per heavy atom. The van der Waals surface area contributed by atoms with E-state index in [1.807, 2.05) is 0 Å². The Labute approximate surface area is 77.7 Å². The summed E-state index contributed by atoms with van der Waals surface area (Å²) in [5.74, 6) is 2.73. The summed E-state index contributed by atoms with van der Waals surface area (Å²) in [5, 5.41) is 0. The zero-order chi connectivity index (χ0) is 9.35. The van der Waals surface area contributed by atoms with Gasteiger partial charge < -0.3 is 0 Å². The highest BCUT2D eigenvalue weighted by Gasteiger charge is 2.40. The van der Waals surface area contributed by atoms with Crippen molar-refractivity contribution in [2.75, 3.05) is 0 Å². The Balaban J connectivity index is 2.39. The molecule has 0 aromatic heterocycles. The first-order valence-electron chi connectivity index (χ1n) is 5.46. The number of hydrogen-bond acceptors (Lipinski definition) is 0. The Kier molecular flexibility index (Phi) is 2.85. The summed E-state index contributed by atoms with van der Waals surface area (Å²) >= 11 is 0. The SMILES string of the molecule is CC(C)C(C)CC1(C)CCC1C. The number of rotatable bonds is 3. The van der Waals surface area contributed by atoms with Crippen LogP contribution in [0.5, 0.6) is 0 Å². The molecule has 0 aromatic rings. The highest BCUT2D eigenvalue weighted by Crippen LogP contribution is 2.50. The third-order valence-corrected chi connectivity index (χ3v) is 4.26. The molecule has 0 radical (unpaired) electrons. The first kappa shape index (κ1) is 10.1. The lowest BCUT2D eigenvalue weighted by molar-refractivity contribution is 0.0310. The second kappa shape index (κ2) is 3.40. The van der Waals surface area contributed by atoms with Crippen LogP contribution in [0.25, 0.3) is 0 Å². The molecule has 0 heteroatoms. The van der Waals surface area contributed by atoms with Crippen LogP contribution in [0.15, 0.2) is 0 Å². The van der Waals surface area contributed by atoms with Gasteiger partial charge in [-0.2, -0.15) is 0 Å². The molecule has 0 aromatic carbocycles. The van der Waals surface area contributed by atoms with Crippen LogP contribution in [-0.4, -0.2) is 0 Å².